The zero-order chi connectivity index (χ0) is 41.7. The molecule has 0 amide bonds. The van der Waals surface area contributed by atoms with Gasteiger partial charge in [-0.2, -0.15) is 10.5 Å². The van der Waals surface area contributed by atoms with E-state index in [1.165, 1.54) is 119 Å². The zero-order valence-electron chi connectivity index (χ0n) is 36.6. The Morgan fingerprint density at radius 3 is 1.53 bits per heavy atom. The molecular weight excluding hydrogens is 755 g/mol. The minimum Gasteiger partial charge on any atom is -0.455 e. The maximum atomic E-state index is 11.2. The Kier molecular flexibility index (Phi) is 7.91. The molecule has 62 heavy (non-hydrogen) atoms. The number of aromatic nitrogens is 1. The van der Waals surface area contributed by atoms with Crippen molar-refractivity contribution in [3.8, 4) is 23.3 Å². The van der Waals surface area contributed by atoms with Crippen LogP contribution in [-0.2, 0) is 0 Å². The number of fused-ring (bicyclic) bond motifs is 9. The van der Waals surface area contributed by atoms with Crippen molar-refractivity contribution in [3.05, 3.63) is 111 Å². The van der Waals surface area contributed by atoms with E-state index in [2.05, 4.69) is 111 Å². The predicted molar refractivity (Wildman–Crippen MR) is 255 cm³/mol. The molecule has 3 heterocycles. The summed E-state index contributed by atoms with van der Waals surface area (Å²) < 4.78 is 10.3. The smallest absolute Gasteiger partial charge is 0.144 e. The summed E-state index contributed by atoms with van der Waals surface area (Å²) in [6.07, 6.45) is 14.0. The van der Waals surface area contributed by atoms with E-state index in [1.54, 1.807) is 0 Å². The summed E-state index contributed by atoms with van der Waals surface area (Å²) in [7, 11) is 0. The van der Waals surface area contributed by atoms with Crippen LogP contribution < -0.4 is 0 Å². The molecule has 6 aromatic carbocycles. The molecule has 0 N–H and O–H groups in total. The van der Waals surface area contributed by atoms with Crippen LogP contribution in [0.25, 0.3) is 81.9 Å². The number of nitriles is 2. The van der Waals surface area contributed by atoms with Gasteiger partial charge in [0.05, 0.1) is 39.8 Å². The second-order valence-electron chi connectivity index (χ2n) is 20.4. The van der Waals surface area contributed by atoms with E-state index < -0.39 is 0 Å². The minimum atomic E-state index is 0.277. The SMILES string of the molecule is CC(C)c1cccc(C(C)C)c1-c1c2oc3cccc4cccc(c43)c2c2c3c4c(c(C#N)cc3n3c5cc(C#N)c6c(c5c1c23)C1CCCC6CCC1)C1CCCC4CCC1. The lowest BCUT2D eigenvalue weighted by atomic mass is 9.79. The van der Waals surface area contributed by atoms with Crippen molar-refractivity contribution in [1.82, 2.24) is 4.40 Å². The first-order chi connectivity index (χ1) is 30.4. The number of hydrogen-bond acceptors (Lipinski definition) is 3. The monoisotopic (exact) mass is 807 g/mol. The molecule has 0 spiro atoms. The molecule has 4 nitrogen and oxygen atoms in total. The van der Waals surface area contributed by atoms with Crippen LogP contribution in [0.1, 0.15) is 185 Å². The molecule has 4 bridgehead atoms. The first-order valence-electron chi connectivity index (χ1n) is 24.0. The van der Waals surface area contributed by atoms with Crippen molar-refractivity contribution in [3.63, 3.8) is 0 Å². The maximum absolute atomic E-state index is 11.2. The van der Waals surface area contributed by atoms with Crippen LogP contribution in [0.2, 0.25) is 0 Å². The standard InChI is InChI=1S/C58H53N3O/c1-30(2)39-22-11-23-40(31(3)4)50(39)56-55-53-43(27-38(29-60)46-33-14-7-18-36(49(46)53)19-8-15-33)61-42-26-37(28-59)45-32-12-5-16-35(17-6-13-32)48(45)52(42)54(57(55)61)51-41-24-9-20-34-21-10-25-44(47(34)41)62-58(51)56/h9-11,20-27,30-33,35-36H,5-8,12-19H2,1-4H3. The highest BCUT2D eigenvalue weighted by Crippen LogP contribution is 2.60. The van der Waals surface area contributed by atoms with Crippen LogP contribution >= 0.6 is 0 Å². The topological polar surface area (TPSA) is 65.1 Å². The number of hydrogen-bond donors (Lipinski definition) is 0. The van der Waals surface area contributed by atoms with Gasteiger partial charge in [0.1, 0.15) is 11.2 Å². The second kappa shape index (κ2) is 13.3. The van der Waals surface area contributed by atoms with Gasteiger partial charge in [-0.05, 0) is 155 Å². The van der Waals surface area contributed by atoms with Gasteiger partial charge in [0.15, 0.2) is 0 Å². The van der Waals surface area contributed by atoms with Crippen molar-refractivity contribution in [2.24, 2.45) is 0 Å². The minimum absolute atomic E-state index is 0.277. The molecule has 4 aliphatic rings. The lowest BCUT2D eigenvalue weighted by molar-refractivity contribution is 0.452. The zero-order valence-corrected chi connectivity index (χ0v) is 36.6. The molecule has 3 aromatic heterocycles. The maximum Gasteiger partial charge on any atom is 0.144 e. The molecule has 0 radical (unpaired) electrons. The normalized spacial score (nSPS) is 21.4. The van der Waals surface area contributed by atoms with E-state index in [-0.39, 0.29) is 11.8 Å². The van der Waals surface area contributed by atoms with Crippen molar-refractivity contribution < 1.29 is 4.42 Å². The highest BCUT2D eigenvalue weighted by molar-refractivity contribution is 6.41. The molecule has 0 aliphatic heterocycles. The quantitative estimate of drug-likeness (QED) is 0.132. The average molecular weight is 808 g/mol. The highest BCUT2D eigenvalue weighted by Gasteiger charge is 2.40. The summed E-state index contributed by atoms with van der Waals surface area (Å²) in [5.41, 5.74) is 17.9. The Bertz CT molecular complexity index is 3440. The molecule has 306 valence electrons. The summed E-state index contributed by atoms with van der Waals surface area (Å²) in [6.45, 7) is 9.39. The molecule has 0 atom stereocenters. The molecule has 9 aromatic rings. The predicted octanol–water partition coefficient (Wildman–Crippen LogP) is 16.6. The lowest BCUT2D eigenvalue weighted by Crippen LogP contribution is -2.05. The van der Waals surface area contributed by atoms with E-state index in [0.29, 0.717) is 23.7 Å². The third-order valence-electron chi connectivity index (χ3n) is 16.7. The molecule has 0 unspecified atom stereocenters. The summed E-state index contributed by atoms with van der Waals surface area (Å²) in [5, 5.41) is 32.5. The first kappa shape index (κ1) is 36.8. The number of benzene rings is 6. The van der Waals surface area contributed by atoms with Gasteiger partial charge in [0, 0.05) is 37.9 Å². The third-order valence-corrected chi connectivity index (χ3v) is 16.7. The van der Waals surface area contributed by atoms with Crippen LogP contribution in [0, 0.1) is 22.7 Å². The molecule has 13 rings (SSSR count). The van der Waals surface area contributed by atoms with Gasteiger partial charge >= 0.3 is 0 Å². The fourth-order valence-electron chi connectivity index (χ4n) is 14.3. The van der Waals surface area contributed by atoms with Crippen LogP contribution in [0.3, 0.4) is 0 Å². The average Bonchev–Trinajstić information content (AvgIpc) is 3.41. The van der Waals surface area contributed by atoms with Crippen molar-refractivity contribution in [1.29, 1.82) is 10.5 Å². The van der Waals surface area contributed by atoms with Crippen LogP contribution in [0.4, 0.5) is 0 Å². The van der Waals surface area contributed by atoms with Gasteiger partial charge in [-0.25, -0.2) is 0 Å². The van der Waals surface area contributed by atoms with Gasteiger partial charge in [-0.3, -0.25) is 0 Å². The summed E-state index contributed by atoms with van der Waals surface area (Å²) >= 11 is 0. The van der Waals surface area contributed by atoms with Crippen LogP contribution in [-0.4, -0.2) is 4.40 Å². The van der Waals surface area contributed by atoms with E-state index in [0.717, 1.165) is 84.7 Å². The summed E-state index contributed by atoms with van der Waals surface area (Å²) in [5.74, 6) is 2.12. The Labute approximate surface area is 363 Å². The van der Waals surface area contributed by atoms with Gasteiger partial charge in [0.25, 0.3) is 0 Å². The highest BCUT2D eigenvalue weighted by atomic mass is 16.3. The van der Waals surface area contributed by atoms with Crippen molar-refractivity contribution in [2.45, 2.75) is 140 Å². The van der Waals surface area contributed by atoms with Gasteiger partial charge < -0.3 is 8.82 Å². The molecule has 0 fully saturated rings. The van der Waals surface area contributed by atoms with E-state index >= 15 is 0 Å². The summed E-state index contributed by atoms with van der Waals surface area (Å²) in [6, 6.07) is 30.6. The van der Waals surface area contributed by atoms with Crippen molar-refractivity contribution in [2.75, 3.05) is 0 Å². The Balaban J connectivity index is 1.42. The van der Waals surface area contributed by atoms with Crippen LogP contribution in [0.15, 0.2) is 71.1 Å². The van der Waals surface area contributed by atoms with E-state index in [4.69, 9.17) is 4.42 Å². The molecule has 4 heteroatoms. The first-order valence-corrected chi connectivity index (χ1v) is 24.0. The fourth-order valence-corrected chi connectivity index (χ4v) is 14.3. The van der Waals surface area contributed by atoms with E-state index in [9.17, 15) is 10.5 Å². The lowest BCUT2D eigenvalue weighted by Gasteiger charge is -2.24. The number of nitrogens with zero attached hydrogens (tertiary/aromatic N) is 3. The third kappa shape index (κ3) is 4.72. The Hall–Kier alpha value is -5.84. The second-order valence-corrected chi connectivity index (χ2v) is 20.4. The largest absolute Gasteiger partial charge is 0.455 e. The van der Waals surface area contributed by atoms with E-state index in [1.807, 2.05) is 0 Å². The van der Waals surface area contributed by atoms with Gasteiger partial charge in [-0.15, -0.1) is 0 Å². The molecular formula is C58H53N3O. The van der Waals surface area contributed by atoms with Crippen LogP contribution in [0.5, 0.6) is 0 Å². The number of rotatable bonds is 3. The van der Waals surface area contributed by atoms with Gasteiger partial charge in [0.2, 0.25) is 0 Å². The molecule has 4 aliphatic carbocycles. The van der Waals surface area contributed by atoms with Crippen molar-refractivity contribution >= 4 is 70.8 Å². The summed E-state index contributed by atoms with van der Waals surface area (Å²) in [4.78, 5) is 0. The molecule has 0 saturated carbocycles. The fraction of sp³-hybridized carbons (Fsp3) is 0.379. The Morgan fingerprint density at radius 1 is 0.532 bits per heavy atom. The van der Waals surface area contributed by atoms with Gasteiger partial charge in [-0.1, -0.05) is 102 Å². The molecule has 0 saturated heterocycles. The Morgan fingerprint density at radius 2 is 1.02 bits per heavy atom.